The Hall–Kier alpha value is -2.98. The van der Waals surface area contributed by atoms with Gasteiger partial charge in [-0.05, 0) is 55.3 Å². The molecule has 1 heterocycles. The van der Waals surface area contributed by atoms with Gasteiger partial charge in [0.25, 0.3) is 0 Å². The molecule has 0 radical (unpaired) electrons. The Kier molecular flexibility index (Phi) is 7.24. The van der Waals surface area contributed by atoms with Crippen molar-refractivity contribution in [2.75, 3.05) is 16.4 Å². The third kappa shape index (κ3) is 5.88. The average Bonchev–Trinajstić information content (AvgIpc) is 3.21. The van der Waals surface area contributed by atoms with Crippen molar-refractivity contribution >= 4 is 62.5 Å². The summed E-state index contributed by atoms with van der Waals surface area (Å²) >= 11 is 2.70. The fraction of sp³-hybridized carbons (Fsp3) is 0.304. The standard InChI is InChI=1S/C23H22FN3O4S2/c24-13-5-7-14(8-6-13)25-20(28)12-32-23-27-18-10-9-15(11-19(18)33-23)26-21(29)16-3-1-2-4-17(16)22(30)31/h5-11,16-17H,1-4,12H2,(H,25,28)(H,26,29)(H,30,31)/t16-,17+/m0/s1. The normalized spacial score (nSPS) is 18.1. The largest absolute Gasteiger partial charge is 0.481 e. The van der Waals surface area contributed by atoms with Crippen molar-refractivity contribution in [3.05, 3.63) is 48.3 Å². The van der Waals surface area contributed by atoms with E-state index in [-0.39, 0.29) is 23.4 Å². The predicted molar refractivity (Wildman–Crippen MR) is 127 cm³/mol. The number of hydrogen-bond donors (Lipinski definition) is 3. The molecule has 1 aliphatic rings. The molecule has 2 aromatic carbocycles. The summed E-state index contributed by atoms with van der Waals surface area (Å²) in [6.07, 6.45) is 2.78. The van der Waals surface area contributed by atoms with Crippen LogP contribution in [-0.2, 0) is 14.4 Å². The van der Waals surface area contributed by atoms with Crippen molar-refractivity contribution in [3.63, 3.8) is 0 Å². The minimum absolute atomic E-state index is 0.152. The lowest BCUT2D eigenvalue weighted by Crippen LogP contribution is -2.36. The number of hydrogen-bond acceptors (Lipinski definition) is 6. The van der Waals surface area contributed by atoms with Crippen LogP contribution in [0.1, 0.15) is 25.7 Å². The summed E-state index contributed by atoms with van der Waals surface area (Å²) in [6.45, 7) is 0. The number of aliphatic carboxylic acids is 1. The number of carbonyl (C=O) groups is 3. The summed E-state index contributed by atoms with van der Waals surface area (Å²) in [5.74, 6) is -2.80. The first-order valence-electron chi connectivity index (χ1n) is 10.5. The molecule has 0 aliphatic heterocycles. The zero-order valence-corrected chi connectivity index (χ0v) is 19.2. The van der Waals surface area contributed by atoms with Crippen LogP contribution in [0.3, 0.4) is 0 Å². The number of carboxylic acids is 1. The molecule has 2 atom stereocenters. The Morgan fingerprint density at radius 2 is 1.73 bits per heavy atom. The van der Waals surface area contributed by atoms with Crippen LogP contribution in [-0.4, -0.2) is 33.6 Å². The second-order valence-electron chi connectivity index (χ2n) is 7.83. The Bertz CT molecular complexity index is 1180. The monoisotopic (exact) mass is 487 g/mol. The van der Waals surface area contributed by atoms with Gasteiger partial charge in [0.15, 0.2) is 4.34 Å². The fourth-order valence-corrected chi connectivity index (χ4v) is 5.78. The third-order valence-electron chi connectivity index (χ3n) is 5.51. The van der Waals surface area contributed by atoms with Crippen LogP contribution >= 0.6 is 23.1 Å². The molecule has 7 nitrogen and oxygen atoms in total. The number of thiazole rings is 1. The highest BCUT2D eigenvalue weighted by atomic mass is 32.2. The summed E-state index contributed by atoms with van der Waals surface area (Å²) in [6, 6.07) is 10.9. The summed E-state index contributed by atoms with van der Waals surface area (Å²) in [5, 5.41) is 15.0. The first-order valence-corrected chi connectivity index (χ1v) is 12.3. The first-order chi connectivity index (χ1) is 15.9. The highest BCUT2D eigenvalue weighted by Crippen LogP contribution is 2.33. The van der Waals surface area contributed by atoms with Gasteiger partial charge in [0.1, 0.15) is 5.82 Å². The molecule has 1 fully saturated rings. The van der Waals surface area contributed by atoms with Crippen LogP contribution in [0.5, 0.6) is 0 Å². The van der Waals surface area contributed by atoms with Crippen LogP contribution in [0, 0.1) is 17.7 Å². The Morgan fingerprint density at radius 3 is 2.45 bits per heavy atom. The van der Waals surface area contributed by atoms with E-state index in [2.05, 4.69) is 15.6 Å². The van der Waals surface area contributed by atoms with E-state index in [1.54, 1.807) is 12.1 Å². The molecule has 33 heavy (non-hydrogen) atoms. The van der Waals surface area contributed by atoms with E-state index in [0.29, 0.717) is 28.6 Å². The molecular formula is C23H22FN3O4S2. The van der Waals surface area contributed by atoms with Crippen molar-refractivity contribution in [1.29, 1.82) is 0 Å². The van der Waals surface area contributed by atoms with Crippen LogP contribution in [0.25, 0.3) is 10.2 Å². The maximum atomic E-state index is 13.0. The van der Waals surface area contributed by atoms with Crippen LogP contribution in [0.4, 0.5) is 15.8 Å². The van der Waals surface area contributed by atoms with E-state index in [1.165, 1.54) is 47.4 Å². The molecule has 1 aliphatic carbocycles. The number of nitrogens with one attached hydrogen (secondary N) is 2. The molecule has 0 saturated heterocycles. The highest BCUT2D eigenvalue weighted by Gasteiger charge is 2.35. The molecule has 172 valence electrons. The van der Waals surface area contributed by atoms with E-state index in [0.717, 1.165) is 23.1 Å². The van der Waals surface area contributed by atoms with Gasteiger partial charge in [-0.25, -0.2) is 9.37 Å². The van der Waals surface area contributed by atoms with Crippen LogP contribution in [0.15, 0.2) is 46.8 Å². The molecule has 4 rings (SSSR count). The number of fused-ring (bicyclic) bond motifs is 1. The molecule has 10 heteroatoms. The molecule has 0 bridgehead atoms. The highest BCUT2D eigenvalue weighted by molar-refractivity contribution is 8.01. The van der Waals surface area contributed by atoms with Gasteiger partial charge in [-0.1, -0.05) is 24.6 Å². The molecule has 1 aromatic heterocycles. The third-order valence-corrected chi connectivity index (χ3v) is 7.67. The molecule has 3 aromatic rings. The Labute approximate surface area is 197 Å². The maximum absolute atomic E-state index is 13.0. The number of carbonyl (C=O) groups excluding carboxylic acids is 2. The average molecular weight is 488 g/mol. The smallest absolute Gasteiger partial charge is 0.307 e. The van der Waals surface area contributed by atoms with Gasteiger partial charge in [-0.15, -0.1) is 11.3 Å². The number of rotatable bonds is 7. The second kappa shape index (κ2) is 10.3. The van der Waals surface area contributed by atoms with Gasteiger partial charge >= 0.3 is 5.97 Å². The van der Waals surface area contributed by atoms with Gasteiger partial charge < -0.3 is 15.7 Å². The number of aromatic nitrogens is 1. The lowest BCUT2D eigenvalue weighted by molar-refractivity contribution is -0.147. The van der Waals surface area contributed by atoms with Crippen molar-refractivity contribution in [1.82, 2.24) is 4.98 Å². The minimum Gasteiger partial charge on any atom is -0.481 e. The van der Waals surface area contributed by atoms with E-state index >= 15 is 0 Å². The first kappa shape index (κ1) is 23.2. The number of benzene rings is 2. The molecule has 2 amide bonds. The SMILES string of the molecule is O=C(CSc1nc2ccc(NC(=O)[C@H]3CCCC[C@H]3C(=O)O)cc2s1)Nc1ccc(F)cc1. The van der Waals surface area contributed by atoms with Crippen molar-refractivity contribution in [3.8, 4) is 0 Å². The van der Waals surface area contributed by atoms with E-state index < -0.39 is 17.8 Å². The lowest BCUT2D eigenvalue weighted by atomic mass is 9.78. The Balaban J connectivity index is 1.36. The van der Waals surface area contributed by atoms with Crippen molar-refractivity contribution in [2.45, 2.75) is 30.0 Å². The maximum Gasteiger partial charge on any atom is 0.307 e. The molecule has 1 saturated carbocycles. The quantitative estimate of drug-likeness (QED) is 0.405. The van der Waals surface area contributed by atoms with Crippen LogP contribution in [0.2, 0.25) is 0 Å². The summed E-state index contributed by atoms with van der Waals surface area (Å²) in [4.78, 5) is 40.9. The van der Waals surface area contributed by atoms with Gasteiger partial charge in [-0.3, -0.25) is 14.4 Å². The zero-order valence-electron chi connectivity index (χ0n) is 17.5. The van der Waals surface area contributed by atoms with Crippen molar-refractivity contribution in [2.24, 2.45) is 11.8 Å². The topological polar surface area (TPSA) is 108 Å². The summed E-state index contributed by atoms with van der Waals surface area (Å²) < 4.78 is 14.5. The van der Waals surface area contributed by atoms with E-state index in [9.17, 15) is 23.9 Å². The number of carboxylic acid groups (broad SMARTS) is 1. The summed E-state index contributed by atoms with van der Waals surface area (Å²) in [5.41, 5.74) is 1.87. The van der Waals surface area contributed by atoms with Gasteiger partial charge in [-0.2, -0.15) is 0 Å². The number of amides is 2. The Morgan fingerprint density at radius 1 is 1.03 bits per heavy atom. The summed E-state index contributed by atoms with van der Waals surface area (Å²) in [7, 11) is 0. The lowest BCUT2D eigenvalue weighted by Gasteiger charge is -2.27. The molecule has 3 N–H and O–H groups in total. The van der Waals surface area contributed by atoms with Gasteiger partial charge in [0.2, 0.25) is 11.8 Å². The van der Waals surface area contributed by atoms with Crippen LogP contribution < -0.4 is 10.6 Å². The van der Waals surface area contributed by atoms with Gasteiger partial charge in [0, 0.05) is 11.4 Å². The van der Waals surface area contributed by atoms with E-state index in [4.69, 9.17) is 0 Å². The predicted octanol–water partition coefficient (Wildman–Crippen LogP) is 5.00. The zero-order chi connectivity index (χ0) is 23.4. The molecular weight excluding hydrogens is 465 g/mol. The number of nitrogens with zero attached hydrogens (tertiary/aromatic N) is 1. The number of halogens is 1. The second-order valence-corrected chi connectivity index (χ2v) is 10.1. The number of thioether (sulfide) groups is 1. The van der Waals surface area contributed by atoms with Crippen molar-refractivity contribution < 1.29 is 23.9 Å². The fourth-order valence-electron chi connectivity index (χ4n) is 3.88. The number of anilines is 2. The van der Waals surface area contributed by atoms with E-state index in [1.807, 2.05) is 6.07 Å². The van der Waals surface area contributed by atoms with Gasteiger partial charge in [0.05, 0.1) is 27.8 Å². The molecule has 0 spiro atoms. The molecule has 0 unspecified atom stereocenters. The minimum atomic E-state index is -0.919.